The summed E-state index contributed by atoms with van der Waals surface area (Å²) in [6.45, 7) is 5.17. The van der Waals surface area contributed by atoms with Crippen molar-refractivity contribution in [3.05, 3.63) is 94.5 Å². The van der Waals surface area contributed by atoms with Crippen LogP contribution in [0.3, 0.4) is 0 Å². The fourth-order valence-corrected chi connectivity index (χ4v) is 5.84. The largest absolute Gasteiger partial charge is 0.357 e. The lowest BCUT2D eigenvalue weighted by molar-refractivity contribution is -0.140. The van der Waals surface area contributed by atoms with Gasteiger partial charge >= 0.3 is 0 Å². The van der Waals surface area contributed by atoms with E-state index in [1.165, 1.54) is 30.1 Å². The molecule has 0 fully saturated rings. The zero-order valence-electron chi connectivity index (χ0n) is 21.4. The van der Waals surface area contributed by atoms with Gasteiger partial charge in [-0.05, 0) is 55.7 Å². The number of nitrogens with zero attached hydrogens (tertiary/aromatic N) is 2. The minimum atomic E-state index is -4.13. The van der Waals surface area contributed by atoms with Gasteiger partial charge in [0.2, 0.25) is 11.8 Å². The highest BCUT2D eigenvalue weighted by Crippen LogP contribution is 2.30. The van der Waals surface area contributed by atoms with Crippen molar-refractivity contribution in [2.24, 2.45) is 0 Å². The Bertz CT molecular complexity index is 1360. The zero-order valence-corrected chi connectivity index (χ0v) is 23.0. The van der Waals surface area contributed by atoms with Gasteiger partial charge in [-0.15, -0.1) is 0 Å². The molecule has 0 bridgehead atoms. The predicted octanol–water partition coefficient (Wildman–Crippen LogP) is 4.71. The smallest absolute Gasteiger partial charge is 0.264 e. The molecule has 0 aliphatic heterocycles. The number of anilines is 1. The number of hydrogen-bond acceptors (Lipinski definition) is 4. The molecule has 2 amide bonds. The quantitative estimate of drug-likeness (QED) is 0.403. The average molecular weight is 542 g/mol. The van der Waals surface area contributed by atoms with Gasteiger partial charge in [-0.3, -0.25) is 13.9 Å². The molecule has 0 radical (unpaired) electrons. The van der Waals surface area contributed by atoms with Gasteiger partial charge in [0.05, 0.1) is 10.6 Å². The monoisotopic (exact) mass is 541 g/mol. The summed E-state index contributed by atoms with van der Waals surface area (Å²) in [5.74, 6) is -0.823. The van der Waals surface area contributed by atoms with Crippen LogP contribution in [0.15, 0.2) is 77.7 Å². The van der Waals surface area contributed by atoms with E-state index < -0.39 is 28.5 Å². The number of sulfonamides is 1. The lowest BCUT2D eigenvalue weighted by atomic mass is 10.1. The molecule has 9 heteroatoms. The van der Waals surface area contributed by atoms with E-state index in [2.05, 4.69) is 5.32 Å². The van der Waals surface area contributed by atoms with E-state index in [9.17, 15) is 18.0 Å². The van der Waals surface area contributed by atoms with Crippen LogP contribution in [-0.2, 0) is 26.2 Å². The van der Waals surface area contributed by atoms with Gasteiger partial charge in [-0.25, -0.2) is 8.42 Å². The molecule has 0 saturated carbocycles. The van der Waals surface area contributed by atoms with E-state index in [0.717, 1.165) is 15.4 Å². The number of benzene rings is 3. The maximum absolute atomic E-state index is 13.9. The molecule has 7 nitrogen and oxygen atoms in total. The van der Waals surface area contributed by atoms with E-state index in [1.54, 1.807) is 37.3 Å². The number of carbonyl (C=O) groups is 2. The lowest BCUT2D eigenvalue weighted by Crippen LogP contribution is -2.51. The molecule has 0 saturated heterocycles. The van der Waals surface area contributed by atoms with Crippen LogP contribution in [0.5, 0.6) is 0 Å². The number of carbonyl (C=O) groups excluding carboxylic acids is 2. The van der Waals surface area contributed by atoms with Crippen molar-refractivity contribution in [1.29, 1.82) is 0 Å². The first-order chi connectivity index (χ1) is 17.6. The minimum Gasteiger partial charge on any atom is -0.357 e. The van der Waals surface area contributed by atoms with Crippen LogP contribution in [0.2, 0.25) is 5.02 Å². The molecule has 3 aromatic carbocycles. The zero-order chi connectivity index (χ0) is 27.2. The maximum atomic E-state index is 13.9. The van der Waals surface area contributed by atoms with Crippen molar-refractivity contribution in [3.8, 4) is 0 Å². The van der Waals surface area contributed by atoms with Gasteiger partial charge < -0.3 is 10.2 Å². The van der Waals surface area contributed by atoms with E-state index in [4.69, 9.17) is 11.6 Å². The van der Waals surface area contributed by atoms with Crippen LogP contribution in [0.4, 0.5) is 5.69 Å². The first kappa shape index (κ1) is 28.2. The fourth-order valence-electron chi connectivity index (χ4n) is 4.18. The molecule has 0 aliphatic rings. The van der Waals surface area contributed by atoms with Crippen LogP contribution < -0.4 is 9.62 Å². The Morgan fingerprint density at radius 3 is 2.30 bits per heavy atom. The maximum Gasteiger partial charge on any atom is 0.264 e. The molecule has 3 aromatic rings. The molecule has 196 valence electrons. The Hall–Kier alpha value is -3.36. The van der Waals surface area contributed by atoms with Crippen LogP contribution in [0.25, 0.3) is 0 Å². The number of likely N-dealkylation sites (N-methyl/N-ethyl adjacent to an activating group) is 1. The molecule has 1 unspecified atom stereocenters. The second kappa shape index (κ2) is 12.3. The second-order valence-electron chi connectivity index (χ2n) is 8.80. The number of hydrogen-bond donors (Lipinski definition) is 1. The van der Waals surface area contributed by atoms with Crippen LogP contribution in [0.1, 0.15) is 30.0 Å². The Morgan fingerprint density at radius 2 is 1.68 bits per heavy atom. The summed E-state index contributed by atoms with van der Waals surface area (Å²) >= 11 is 6.24. The Balaban J connectivity index is 2.10. The number of aryl methyl sites for hydroxylation is 2. The molecular weight excluding hydrogens is 510 g/mol. The SMILES string of the molecule is CCC(C(=O)NC)N(Cc1cccc(C)c1)C(=O)CN(c1cc(Cl)ccc1C)S(=O)(=O)c1ccccc1. The number of nitrogens with one attached hydrogen (secondary N) is 1. The number of rotatable bonds is 10. The van der Waals surface area contributed by atoms with Gasteiger partial charge in [-0.1, -0.05) is 72.6 Å². The standard InChI is InChI=1S/C28H32ClN3O4S/c1-5-25(28(34)30-4)31(18-22-11-9-10-20(2)16-22)27(33)19-32(26-17-23(29)15-14-21(26)3)37(35,36)24-12-7-6-8-13-24/h6-17,25H,5,18-19H2,1-4H3,(H,30,34). The molecular formula is C28H32ClN3O4S. The fraction of sp³-hybridized carbons (Fsp3) is 0.286. The molecule has 1 N–H and O–H groups in total. The summed E-state index contributed by atoms with van der Waals surface area (Å²) in [5, 5.41) is 2.97. The third kappa shape index (κ3) is 6.70. The Morgan fingerprint density at radius 1 is 0.973 bits per heavy atom. The van der Waals surface area contributed by atoms with Gasteiger partial charge in [0.1, 0.15) is 12.6 Å². The topological polar surface area (TPSA) is 86.8 Å². The molecule has 3 rings (SSSR count). The second-order valence-corrected chi connectivity index (χ2v) is 11.1. The van der Waals surface area contributed by atoms with Crippen molar-refractivity contribution in [2.45, 2.75) is 44.7 Å². The number of halogens is 1. The van der Waals surface area contributed by atoms with E-state index in [-0.39, 0.29) is 17.3 Å². The summed E-state index contributed by atoms with van der Waals surface area (Å²) in [6, 6.07) is 19.7. The summed E-state index contributed by atoms with van der Waals surface area (Å²) in [5.41, 5.74) is 2.79. The highest BCUT2D eigenvalue weighted by molar-refractivity contribution is 7.92. The van der Waals surface area contributed by atoms with Crippen LogP contribution >= 0.6 is 11.6 Å². The highest BCUT2D eigenvalue weighted by Gasteiger charge is 2.34. The summed E-state index contributed by atoms with van der Waals surface area (Å²) < 4.78 is 28.7. The highest BCUT2D eigenvalue weighted by atomic mass is 35.5. The van der Waals surface area contributed by atoms with Gasteiger partial charge in [0, 0.05) is 18.6 Å². The van der Waals surface area contributed by atoms with Crippen molar-refractivity contribution in [1.82, 2.24) is 10.2 Å². The summed E-state index contributed by atoms with van der Waals surface area (Å²) in [7, 11) is -2.62. The third-order valence-corrected chi connectivity index (χ3v) is 8.13. The molecule has 1 atom stereocenters. The Kier molecular flexibility index (Phi) is 9.34. The van der Waals surface area contributed by atoms with Crippen molar-refractivity contribution < 1.29 is 18.0 Å². The van der Waals surface area contributed by atoms with Crippen LogP contribution in [-0.4, -0.2) is 44.8 Å². The first-order valence-corrected chi connectivity index (χ1v) is 13.8. The van der Waals surface area contributed by atoms with E-state index in [0.29, 0.717) is 22.7 Å². The molecule has 0 heterocycles. The lowest BCUT2D eigenvalue weighted by Gasteiger charge is -2.33. The van der Waals surface area contributed by atoms with Crippen LogP contribution in [0, 0.1) is 13.8 Å². The Labute approximate surface area is 224 Å². The minimum absolute atomic E-state index is 0.0470. The van der Waals surface area contributed by atoms with Crippen molar-refractivity contribution in [3.63, 3.8) is 0 Å². The molecule has 0 aromatic heterocycles. The van der Waals surface area contributed by atoms with Gasteiger partial charge in [0.15, 0.2) is 0 Å². The predicted molar refractivity (Wildman–Crippen MR) is 147 cm³/mol. The summed E-state index contributed by atoms with van der Waals surface area (Å²) in [4.78, 5) is 28.2. The number of amides is 2. The third-order valence-electron chi connectivity index (χ3n) is 6.12. The normalized spacial score (nSPS) is 12.0. The van der Waals surface area contributed by atoms with Crippen molar-refractivity contribution >= 4 is 39.1 Å². The average Bonchev–Trinajstić information content (AvgIpc) is 2.88. The van der Waals surface area contributed by atoms with Gasteiger partial charge in [0.25, 0.3) is 10.0 Å². The summed E-state index contributed by atoms with van der Waals surface area (Å²) in [6.07, 6.45) is 0.360. The van der Waals surface area contributed by atoms with Gasteiger partial charge in [-0.2, -0.15) is 0 Å². The molecule has 0 aliphatic carbocycles. The molecule has 37 heavy (non-hydrogen) atoms. The molecule has 0 spiro atoms. The van der Waals surface area contributed by atoms with E-state index >= 15 is 0 Å². The van der Waals surface area contributed by atoms with E-state index in [1.807, 2.05) is 38.1 Å². The van der Waals surface area contributed by atoms with Crippen molar-refractivity contribution in [2.75, 3.05) is 17.9 Å². The first-order valence-electron chi connectivity index (χ1n) is 12.0.